The van der Waals surface area contributed by atoms with Crippen LogP contribution in [0.2, 0.25) is 0 Å². The van der Waals surface area contributed by atoms with E-state index in [0.29, 0.717) is 19.4 Å². The molecule has 0 aromatic heterocycles. The Bertz CT molecular complexity index is 1330. The van der Waals surface area contributed by atoms with Gasteiger partial charge in [0.15, 0.2) is 0 Å². The molecule has 0 aliphatic rings. The highest BCUT2D eigenvalue weighted by molar-refractivity contribution is 7.92. The normalized spacial score (nSPS) is 12.0. The van der Waals surface area contributed by atoms with Gasteiger partial charge in [0.05, 0.1) is 10.6 Å². The molecule has 208 valence electrons. The van der Waals surface area contributed by atoms with Crippen molar-refractivity contribution in [2.45, 2.75) is 51.0 Å². The number of hydrogen-bond donors (Lipinski definition) is 1. The van der Waals surface area contributed by atoms with E-state index in [2.05, 4.69) is 5.32 Å². The van der Waals surface area contributed by atoms with Gasteiger partial charge >= 0.3 is 0 Å². The monoisotopic (exact) mass is 553 g/mol. The Hall–Kier alpha value is -3.72. The molecule has 0 spiro atoms. The minimum atomic E-state index is -4.18. The van der Waals surface area contributed by atoms with Gasteiger partial charge in [-0.3, -0.25) is 13.9 Å². The summed E-state index contributed by atoms with van der Waals surface area (Å²) in [6.45, 7) is 5.75. The predicted octanol–water partition coefficient (Wildman–Crippen LogP) is 4.71. The van der Waals surface area contributed by atoms with Crippen LogP contribution in [0, 0.1) is 12.7 Å². The average molecular weight is 554 g/mol. The first-order chi connectivity index (χ1) is 18.7. The van der Waals surface area contributed by atoms with Crippen molar-refractivity contribution in [2.24, 2.45) is 0 Å². The van der Waals surface area contributed by atoms with Crippen molar-refractivity contribution < 1.29 is 22.4 Å². The molecule has 1 atom stereocenters. The number of benzene rings is 3. The van der Waals surface area contributed by atoms with Crippen molar-refractivity contribution in [1.82, 2.24) is 10.2 Å². The van der Waals surface area contributed by atoms with Gasteiger partial charge < -0.3 is 10.2 Å². The number of carbonyl (C=O) groups excluding carboxylic acids is 2. The van der Waals surface area contributed by atoms with Gasteiger partial charge in [0.2, 0.25) is 11.8 Å². The smallest absolute Gasteiger partial charge is 0.264 e. The zero-order valence-corrected chi connectivity index (χ0v) is 23.5. The second kappa shape index (κ2) is 13.9. The van der Waals surface area contributed by atoms with Crippen LogP contribution in [0.3, 0.4) is 0 Å². The zero-order valence-electron chi connectivity index (χ0n) is 22.6. The zero-order chi connectivity index (χ0) is 28.4. The fourth-order valence-electron chi connectivity index (χ4n) is 4.24. The second-order valence-corrected chi connectivity index (χ2v) is 11.2. The molecule has 0 saturated carbocycles. The van der Waals surface area contributed by atoms with E-state index in [9.17, 15) is 22.4 Å². The van der Waals surface area contributed by atoms with Crippen LogP contribution in [0.25, 0.3) is 0 Å². The number of amides is 2. The lowest BCUT2D eigenvalue weighted by molar-refractivity contribution is -0.139. The van der Waals surface area contributed by atoms with E-state index >= 15 is 0 Å². The Morgan fingerprint density at radius 1 is 0.923 bits per heavy atom. The fourth-order valence-corrected chi connectivity index (χ4v) is 5.65. The third kappa shape index (κ3) is 7.89. The molecule has 3 rings (SSSR count). The van der Waals surface area contributed by atoms with Crippen molar-refractivity contribution in [3.63, 3.8) is 0 Å². The van der Waals surface area contributed by atoms with Gasteiger partial charge in [0.25, 0.3) is 10.0 Å². The van der Waals surface area contributed by atoms with E-state index < -0.39 is 34.3 Å². The molecular weight excluding hydrogens is 517 g/mol. The number of rotatable bonds is 13. The summed E-state index contributed by atoms with van der Waals surface area (Å²) in [6, 6.07) is 20.1. The number of anilines is 1. The maximum atomic E-state index is 13.9. The van der Waals surface area contributed by atoms with E-state index in [0.717, 1.165) is 34.0 Å². The van der Waals surface area contributed by atoms with Gasteiger partial charge in [0.1, 0.15) is 18.4 Å². The summed E-state index contributed by atoms with van der Waals surface area (Å²) in [7, 11) is -4.18. The molecule has 0 fully saturated rings. The molecule has 0 heterocycles. The average Bonchev–Trinajstić information content (AvgIpc) is 2.93. The van der Waals surface area contributed by atoms with E-state index in [-0.39, 0.29) is 23.0 Å². The maximum absolute atomic E-state index is 13.9. The minimum absolute atomic E-state index is 0.00814. The molecule has 0 radical (unpaired) electrons. The number of halogens is 1. The van der Waals surface area contributed by atoms with Gasteiger partial charge in [-0.2, -0.15) is 0 Å². The third-order valence-corrected chi connectivity index (χ3v) is 8.21. The van der Waals surface area contributed by atoms with Crippen LogP contribution < -0.4 is 9.62 Å². The molecule has 7 nitrogen and oxygen atoms in total. The second-order valence-electron chi connectivity index (χ2n) is 9.34. The highest BCUT2D eigenvalue weighted by Crippen LogP contribution is 2.25. The fraction of sp³-hybridized carbons (Fsp3) is 0.333. The number of aryl methyl sites for hydroxylation is 1. The molecule has 0 bridgehead atoms. The molecule has 39 heavy (non-hydrogen) atoms. The number of sulfonamides is 1. The van der Waals surface area contributed by atoms with E-state index in [1.54, 1.807) is 12.1 Å². The number of nitrogens with one attached hydrogen (secondary N) is 1. The predicted molar refractivity (Wildman–Crippen MR) is 151 cm³/mol. The molecule has 0 aliphatic heterocycles. The summed E-state index contributed by atoms with van der Waals surface area (Å²) in [6.07, 6.45) is 1.59. The van der Waals surface area contributed by atoms with Crippen LogP contribution in [0.4, 0.5) is 10.1 Å². The van der Waals surface area contributed by atoms with Crippen LogP contribution in [-0.2, 0) is 26.0 Å². The van der Waals surface area contributed by atoms with Crippen molar-refractivity contribution in [3.8, 4) is 0 Å². The van der Waals surface area contributed by atoms with Crippen LogP contribution in [0.5, 0.6) is 0 Å². The van der Waals surface area contributed by atoms with Crippen LogP contribution in [0.15, 0.2) is 83.8 Å². The molecule has 3 aromatic rings. The standard InChI is InChI=1S/C30H36FN3O4S/c1-4-20-32-30(36)28(5-2)33(21-19-24-9-7-6-8-10-24)29(35)22-34(26-15-13-25(31)14-16-26)39(37,38)27-17-11-23(3)12-18-27/h6-18,28H,4-5,19-22H2,1-3H3,(H,32,36). The first-order valence-electron chi connectivity index (χ1n) is 13.1. The number of nitrogens with zero attached hydrogens (tertiary/aromatic N) is 2. The molecule has 0 aliphatic carbocycles. The van der Waals surface area contributed by atoms with Crippen LogP contribution in [0.1, 0.15) is 37.8 Å². The lowest BCUT2D eigenvalue weighted by Crippen LogP contribution is -2.53. The summed E-state index contributed by atoms with van der Waals surface area (Å²) in [5, 5.41) is 2.86. The van der Waals surface area contributed by atoms with Crippen molar-refractivity contribution in [3.05, 3.63) is 95.8 Å². The van der Waals surface area contributed by atoms with Gasteiger partial charge in [-0.25, -0.2) is 12.8 Å². The third-order valence-electron chi connectivity index (χ3n) is 6.42. The maximum Gasteiger partial charge on any atom is 0.264 e. The lowest BCUT2D eigenvalue weighted by Gasteiger charge is -2.33. The molecule has 3 aromatic carbocycles. The summed E-state index contributed by atoms with van der Waals surface area (Å²) >= 11 is 0. The highest BCUT2D eigenvalue weighted by Gasteiger charge is 2.33. The summed E-state index contributed by atoms with van der Waals surface area (Å²) in [5.74, 6) is -1.33. The van der Waals surface area contributed by atoms with Crippen molar-refractivity contribution in [1.29, 1.82) is 0 Å². The topological polar surface area (TPSA) is 86.8 Å². The van der Waals surface area contributed by atoms with Crippen molar-refractivity contribution in [2.75, 3.05) is 23.9 Å². The quantitative estimate of drug-likeness (QED) is 0.332. The first-order valence-corrected chi connectivity index (χ1v) is 14.6. The summed E-state index contributed by atoms with van der Waals surface area (Å²) < 4.78 is 42.2. The van der Waals surface area contributed by atoms with Crippen molar-refractivity contribution >= 4 is 27.5 Å². The summed E-state index contributed by atoms with van der Waals surface area (Å²) in [5.41, 5.74) is 2.02. The number of hydrogen-bond acceptors (Lipinski definition) is 4. The van der Waals surface area contributed by atoms with E-state index in [1.807, 2.05) is 51.1 Å². The highest BCUT2D eigenvalue weighted by atomic mass is 32.2. The summed E-state index contributed by atoms with van der Waals surface area (Å²) in [4.78, 5) is 28.4. The van der Waals surface area contributed by atoms with Gasteiger partial charge in [-0.15, -0.1) is 0 Å². The molecule has 9 heteroatoms. The Kier molecular flexibility index (Phi) is 10.6. The van der Waals surface area contributed by atoms with Gasteiger partial charge in [0, 0.05) is 13.1 Å². The SMILES string of the molecule is CCCNC(=O)C(CC)N(CCc1ccccc1)C(=O)CN(c1ccc(F)cc1)S(=O)(=O)c1ccc(C)cc1. The minimum Gasteiger partial charge on any atom is -0.354 e. The lowest BCUT2D eigenvalue weighted by atomic mass is 10.1. The van der Waals surface area contributed by atoms with E-state index in [4.69, 9.17) is 0 Å². The molecular formula is C30H36FN3O4S. The van der Waals surface area contributed by atoms with Gasteiger partial charge in [-0.1, -0.05) is 61.9 Å². The number of carbonyl (C=O) groups is 2. The molecule has 1 unspecified atom stereocenters. The largest absolute Gasteiger partial charge is 0.354 e. The Morgan fingerprint density at radius 2 is 1.56 bits per heavy atom. The molecule has 0 saturated heterocycles. The Balaban J connectivity index is 1.99. The first kappa shape index (κ1) is 29.8. The van der Waals surface area contributed by atoms with E-state index in [1.165, 1.54) is 29.2 Å². The molecule has 1 N–H and O–H groups in total. The Morgan fingerprint density at radius 3 is 2.15 bits per heavy atom. The van der Waals surface area contributed by atoms with Crippen LogP contribution >= 0.6 is 0 Å². The Labute approximate surface area is 230 Å². The van der Waals surface area contributed by atoms with Gasteiger partial charge in [-0.05, 0) is 68.1 Å². The molecule has 2 amide bonds. The van der Waals surface area contributed by atoms with Crippen LogP contribution in [-0.4, -0.2) is 50.8 Å².